The van der Waals surface area contributed by atoms with Crippen LogP contribution in [0.5, 0.6) is 0 Å². The molecule has 1 aliphatic heterocycles. The molecule has 0 unspecified atom stereocenters. The van der Waals surface area contributed by atoms with Gasteiger partial charge in [-0.2, -0.15) is 11.8 Å². The van der Waals surface area contributed by atoms with Crippen LogP contribution in [0.1, 0.15) is 32.6 Å². The predicted octanol–water partition coefficient (Wildman–Crippen LogP) is 1.81. The Labute approximate surface area is 106 Å². The van der Waals surface area contributed by atoms with Gasteiger partial charge in [0.15, 0.2) is 0 Å². The van der Waals surface area contributed by atoms with Gasteiger partial charge in [0.05, 0.1) is 18.8 Å². The summed E-state index contributed by atoms with van der Waals surface area (Å²) < 4.78 is 10.0. The Hall–Kier alpha value is -0.550. The number of hydrogen-bond donors (Lipinski definition) is 0. The lowest BCUT2D eigenvalue weighted by atomic mass is 10.2. The Morgan fingerprint density at radius 1 is 1.29 bits per heavy atom. The average molecular weight is 260 g/mol. The van der Waals surface area contributed by atoms with Crippen molar-refractivity contribution < 1.29 is 19.1 Å². The average Bonchev–Trinajstić information content (AvgIpc) is 2.35. The SMILES string of the molecule is CCOC(=O)CCC(=O)CSC1CCOCC1. The van der Waals surface area contributed by atoms with E-state index in [0.717, 1.165) is 26.1 Å². The van der Waals surface area contributed by atoms with Crippen molar-refractivity contribution in [3.05, 3.63) is 0 Å². The molecule has 0 atom stereocenters. The van der Waals surface area contributed by atoms with Gasteiger partial charge in [-0.3, -0.25) is 9.59 Å². The molecule has 0 bridgehead atoms. The summed E-state index contributed by atoms with van der Waals surface area (Å²) in [6.45, 7) is 3.74. The first-order valence-corrected chi connectivity index (χ1v) is 7.14. The Bertz CT molecular complexity index is 249. The van der Waals surface area contributed by atoms with Crippen molar-refractivity contribution in [3.8, 4) is 0 Å². The summed E-state index contributed by atoms with van der Waals surface area (Å²) in [6.07, 6.45) is 2.56. The number of carbonyl (C=O) groups is 2. The molecule has 0 aromatic carbocycles. The van der Waals surface area contributed by atoms with Gasteiger partial charge in [0.1, 0.15) is 5.78 Å². The quantitative estimate of drug-likeness (QED) is 0.653. The largest absolute Gasteiger partial charge is 0.466 e. The van der Waals surface area contributed by atoms with E-state index in [9.17, 15) is 9.59 Å². The highest BCUT2D eigenvalue weighted by Gasteiger charge is 2.16. The summed E-state index contributed by atoms with van der Waals surface area (Å²) in [4.78, 5) is 22.6. The van der Waals surface area contributed by atoms with Crippen molar-refractivity contribution >= 4 is 23.5 Å². The number of esters is 1. The third-order valence-corrected chi connectivity index (χ3v) is 3.99. The van der Waals surface area contributed by atoms with E-state index in [0.29, 0.717) is 24.0 Å². The van der Waals surface area contributed by atoms with Crippen LogP contribution in [0.2, 0.25) is 0 Å². The number of ether oxygens (including phenoxy) is 2. The van der Waals surface area contributed by atoms with Crippen LogP contribution in [0, 0.1) is 0 Å². The molecule has 0 saturated carbocycles. The molecular weight excluding hydrogens is 240 g/mol. The first kappa shape index (κ1) is 14.5. The summed E-state index contributed by atoms with van der Waals surface area (Å²) in [6, 6.07) is 0. The lowest BCUT2D eigenvalue weighted by Crippen LogP contribution is -2.19. The molecule has 0 amide bonds. The standard InChI is InChI=1S/C12H20O4S/c1-2-16-12(14)4-3-10(13)9-17-11-5-7-15-8-6-11/h11H,2-9H2,1H3. The first-order chi connectivity index (χ1) is 8.22. The molecule has 1 saturated heterocycles. The number of thioether (sulfide) groups is 1. The third kappa shape index (κ3) is 6.68. The van der Waals surface area contributed by atoms with Gasteiger partial charge in [-0.15, -0.1) is 0 Å². The van der Waals surface area contributed by atoms with Gasteiger partial charge in [0.2, 0.25) is 0 Å². The maximum atomic E-state index is 11.5. The van der Waals surface area contributed by atoms with Crippen molar-refractivity contribution in [3.63, 3.8) is 0 Å². The smallest absolute Gasteiger partial charge is 0.306 e. The Morgan fingerprint density at radius 2 is 2.00 bits per heavy atom. The highest BCUT2D eigenvalue weighted by Crippen LogP contribution is 2.22. The highest BCUT2D eigenvalue weighted by molar-refractivity contribution is 8.00. The zero-order valence-electron chi connectivity index (χ0n) is 10.3. The molecule has 17 heavy (non-hydrogen) atoms. The van der Waals surface area contributed by atoms with Gasteiger partial charge in [-0.1, -0.05) is 0 Å². The normalized spacial score (nSPS) is 16.8. The lowest BCUT2D eigenvalue weighted by molar-refractivity contribution is -0.144. The fraction of sp³-hybridized carbons (Fsp3) is 0.833. The molecule has 98 valence electrons. The van der Waals surface area contributed by atoms with Gasteiger partial charge in [-0.05, 0) is 19.8 Å². The van der Waals surface area contributed by atoms with Gasteiger partial charge in [-0.25, -0.2) is 0 Å². The van der Waals surface area contributed by atoms with E-state index >= 15 is 0 Å². The predicted molar refractivity (Wildman–Crippen MR) is 67.2 cm³/mol. The maximum Gasteiger partial charge on any atom is 0.306 e. The molecular formula is C12H20O4S. The van der Waals surface area contributed by atoms with E-state index in [1.807, 2.05) is 0 Å². The molecule has 5 heteroatoms. The van der Waals surface area contributed by atoms with Gasteiger partial charge >= 0.3 is 5.97 Å². The number of rotatable bonds is 7. The molecule has 0 aliphatic carbocycles. The van der Waals surface area contributed by atoms with Crippen molar-refractivity contribution in [1.29, 1.82) is 0 Å². The molecule has 0 aromatic heterocycles. The number of carbonyl (C=O) groups excluding carboxylic acids is 2. The number of hydrogen-bond acceptors (Lipinski definition) is 5. The fourth-order valence-corrected chi connectivity index (χ4v) is 2.69. The molecule has 0 radical (unpaired) electrons. The lowest BCUT2D eigenvalue weighted by Gasteiger charge is -2.20. The molecule has 4 nitrogen and oxygen atoms in total. The maximum absolute atomic E-state index is 11.5. The van der Waals surface area contributed by atoms with E-state index in [1.165, 1.54) is 0 Å². The summed E-state index contributed by atoms with van der Waals surface area (Å²) in [5, 5.41) is 0.537. The number of Topliss-reactive ketones (excluding diaryl/α,β-unsaturated/α-hetero) is 1. The molecule has 0 aromatic rings. The Balaban J connectivity index is 2.06. The molecule has 0 N–H and O–H groups in total. The van der Waals surface area contributed by atoms with Crippen LogP contribution in [-0.4, -0.2) is 42.6 Å². The minimum atomic E-state index is -0.281. The summed E-state index contributed by atoms with van der Waals surface area (Å²) in [5.74, 6) is 0.357. The van der Waals surface area contributed by atoms with E-state index < -0.39 is 0 Å². The second-order valence-electron chi connectivity index (χ2n) is 3.97. The topological polar surface area (TPSA) is 52.6 Å². The van der Waals surface area contributed by atoms with Crippen molar-refractivity contribution in [1.82, 2.24) is 0 Å². The number of ketones is 1. The van der Waals surface area contributed by atoms with E-state index in [1.54, 1.807) is 18.7 Å². The molecule has 1 aliphatic rings. The van der Waals surface area contributed by atoms with Gasteiger partial charge in [0, 0.05) is 24.9 Å². The van der Waals surface area contributed by atoms with Gasteiger partial charge in [0.25, 0.3) is 0 Å². The fourth-order valence-electron chi connectivity index (χ4n) is 1.60. The summed E-state index contributed by atoms with van der Waals surface area (Å²) in [7, 11) is 0. The monoisotopic (exact) mass is 260 g/mol. The van der Waals surface area contributed by atoms with Crippen LogP contribution in [0.4, 0.5) is 0 Å². The zero-order valence-corrected chi connectivity index (χ0v) is 11.1. The van der Waals surface area contributed by atoms with Crippen LogP contribution >= 0.6 is 11.8 Å². The van der Waals surface area contributed by atoms with Crippen LogP contribution in [0.15, 0.2) is 0 Å². The van der Waals surface area contributed by atoms with Crippen molar-refractivity contribution in [2.45, 2.75) is 37.9 Å². The zero-order chi connectivity index (χ0) is 12.5. The Kier molecular flexibility index (Phi) is 7.28. The van der Waals surface area contributed by atoms with Crippen molar-refractivity contribution in [2.24, 2.45) is 0 Å². The van der Waals surface area contributed by atoms with E-state index in [4.69, 9.17) is 9.47 Å². The van der Waals surface area contributed by atoms with Crippen molar-refractivity contribution in [2.75, 3.05) is 25.6 Å². The van der Waals surface area contributed by atoms with Crippen LogP contribution in [-0.2, 0) is 19.1 Å². The minimum absolute atomic E-state index is 0.134. The third-order valence-electron chi connectivity index (χ3n) is 2.56. The second kappa shape index (κ2) is 8.53. The molecule has 1 heterocycles. The second-order valence-corrected chi connectivity index (χ2v) is 5.26. The van der Waals surface area contributed by atoms with Gasteiger partial charge < -0.3 is 9.47 Å². The van der Waals surface area contributed by atoms with Crippen LogP contribution in [0.3, 0.4) is 0 Å². The molecule has 1 fully saturated rings. The molecule has 0 spiro atoms. The summed E-state index contributed by atoms with van der Waals surface area (Å²) in [5.41, 5.74) is 0. The minimum Gasteiger partial charge on any atom is -0.466 e. The first-order valence-electron chi connectivity index (χ1n) is 6.09. The molecule has 1 rings (SSSR count). The highest BCUT2D eigenvalue weighted by atomic mass is 32.2. The summed E-state index contributed by atoms with van der Waals surface area (Å²) >= 11 is 1.69. The van der Waals surface area contributed by atoms with Crippen LogP contribution in [0.25, 0.3) is 0 Å². The van der Waals surface area contributed by atoms with E-state index in [2.05, 4.69) is 0 Å². The van der Waals surface area contributed by atoms with E-state index in [-0.39, 0.29) is 18.2 Å². The van der Waals surface area contributed by atoms with Crippen LogP contribution < -0.4 is 0 Å². The Morgan fingerprint density at radius 3 is 2.65 bits per heavy atom.